The average molecular weight is 414 g/mol. The molecule has 0 spiro atoms. The highest BCUT2D eigenvalue weighted by atomic mass is 19.4. The molecule has 1 amide bonds. The lowest BCUT2D eigenvalue weighted by Crippen LogP contribution is -2.40. The van der Waals surface area contributed by atoms with Crippen LogP contribution in [0.4, 0.5) is 13.2 Å². The number of fused-ring (bicyclic) bond motifs is 1. The number of likely N-dealkylation sites (tertiary alicyclic amines) is 2. The molecule has 1 aromatic carbocycles. The summed E-state index contributed by atoms with van der Waals surface area (Å²) in [5, 5.41) is 7.12. The number of carbonyl (C=O) groups is 2. The van der Waals surface area contributed by atoms with Crippen LogP contribution in [0.25, 0.3) is 0 Å². The summed E-state index contributed by atoms with van der Waals surface area (Å²) in [5.74, 6) is -1.68. The zero-order valence-electron chi connectivity index (χ0n) is 16.2. The number of benzene rings is 1. The van der Waals surface area contributed by atoms with Gasteiger partial charge in [0.05, 0.1) is 13.5 Å². The Morgan fingerprint density at radius 3 is 2.31 bits per heavy atom. The molecule has 0 aliphatic carbocycles. The van der Waals surface area contributed by atoms with Crippen molar-refractivity contribution in [3.63, 3.8) is 0 Å². The van der Waals surface area contributed by atoms with Gasteiger partial charge in [0.1, 0.15) is 5.75 Å². The largest absolute Gasteiger partial charge is 0.497 e. The normalized spacial score (nSPS) is 21.2. The minimum Gasteiger partial charge on any atom is -0.497 e. The summed E-state index contributed by atoms with van der Waals surface area (Å²) in [7, 11) is 1.65. The summed E-state index contributed by atoms with van der Waals surface area (Å²) in [6.07, 6.45) is -0.460. The number of ether oxygens (including phenoxy) is 1. The predicted octanol–water partition coefficient (Wildman–Crippen LogP) is 2.73. The number of rotatable bonds is 5. The molecule has 2 fully saturated rings. The molecule has 0 radical (unpaired) electrons. The second-order valence-corrected chi connectivity index (χ2v) is 6.91. The number of hydrogen-bond acceptors (Lipinski definition) is 4. The maximum atomic E-state index is 12.6. The number of halogens is 3. The topological polar surface area (TPSA) is 70.1 Å². The molecule has 0 aromatic heterocycles. The Labute approximate surface area is 167 Å². The minimum atomic E-state index is -5.08. The van der Waals surface area contributed by atoms with Crippen LogP contribution in [0.5, 0.6) is 5.75 Å². The van der Waals surface area contributed by atoms with E-state index in [1.165, 1.54) is 0 Å². The Bertz CT molecular complexity index is 721. The third-order valence-electron chi connectivity index (χ3n) is 5.13. The lowest BCUT2D eigenvalue weighted by atomic mass is 10.1. The molecule has 3 rings (SSSR count). The van der Waals surface area contributed by atoms with Crippen molar-refractivity contribution in [2.24, 2.45) is 0 Å². The van der Waals surface area contributed by atoms with E-state index >= 15 is 0 Å². The first-order valence-corrected chi connectivity index (χ1v) is 9.24. The van der Waals surface area contributed by atoms with Gasteiger partial charge in [-0.1, -0.05) is 18.2 Å². The number of nitrogens with zero attached hydrogens (tertiary/aromatic N) is 2. The van der Waals surface area contributed by atoms with Gasteiger partial charge in [0, 0.05) is 31.7 Å². The fourth-order valence-corrected chi connectivity index (χ4v) is 3.80. The number of methoxy groups -OCH3 is 1. The van der Waals surface area contributed by atoms with Crippen molar-refractivity contribution in [2.45, 2.75) is 37.5 Å². The third-order valence-corrected chi connectivity index (χ3v) is 5.13. The lowest BCUT2D eigenvalue weighted by Gasteiger charge is -2.25. The van der Waals surface area contributed by atoms with Crippen LogP contribution in [0, 0.1) is 0 Å². The van der Waals surface area contributed by atoms with Crippen LogP contribution < -0.4 is 4.74 Å². The van der Waals surface area contributed by atoms with Crippen molar-refractivity contribution in [3.8, 4) is 5.75 Å². The van der Waals surface area contributed by atoms with Gasteiger partial charge in [0.15, 0.2) is 0 Å². The highest BCUT2D eigenvalue weighted by Crippen LogP contribution is 2.31. The van der Waals surface area contributed by atoms with E-state index in [1.54, 1.807) is 7.11 Å². The molecule has 0 unspecified atom stereocenters. The van der Waals surface area contributed by atoms with E-state index in [4.69, 9.17) is 14.6 Å². The first kappa shape index (κ1) is 22.7. The highest BCUT2D eigenvalue weighted by molar-refractivity contribution is 5.79. The van der Waals surface area contributed by atoms with Crippen molar-refractivity contribution >= 4 is 11.9 Å². The quantitative estimate of drug-likeness (QED) is 0.751. The summed E-state index contributed by atoms with van der Waals surface area (Å²) < 4.78 is 36.9. The number of carboxylic acid groups (broad SMARTS) is 1. The minimum absolute atomic E-state index is 0.248. The van der Waals surface area contributed by atoms with E-state index in [0.29, 0.717) is 18.5 Å². The van der Waals surface area contributed by atoms with Crippen molar-refractivity contribution in [2.75, 3.05) is 26.7 Å². The SMILES string of the molecule is C=CCN1CC[C@@H]2[C@@H]1CCN2C(=O)Cc1ccc(OC)cc1.O=C(O)C(F)(F)F. The maximum absolute atomic E-state index is 12.6. The van der Waals surface area contributed by atoms with Crippen molar-refractivity contribution in [1.29, 1.82) is 0 Å². The van der Waals surface area contributed by atoms with Gasteiger partial charge in [-0.25, -0.2) is 4.79 Å². The summed E-state index contributed by atoms with van der Waals surface area (Å²) >= 11 is 0. The van der Waals surface area contributed by atoms with Crippen LogP contribution >= 0.6 is 0 Å². The smallest absolute Gasteiger partial charge is 0.490 e. The van der Waals surface area contributed by atoms with Gasteiger partial charge >= 0.3 is 12.1 Å². The molecule has 2 saturated heterocycles. The molecular formula is C20H25F3N2O4. The molecule has 1 aromatic rings. The van der Waals surface area contributed by atoms with Crippen molar-refractivity contribution in [3.05, 3.63) is 42.5 Å². The second-order valence-electron chi connectivity index (χ2n) is 6.91. The number of carboxylic acids is 1. The van der Waals surface area contributed by atoms with Crippen LogP contribution in [0.3, 0.4) is 0 Å². The maximum Gasteiger partial charge on any atom is 0.490 e. The standard InChI is InChI=1S/C18H24N2O2.C2HF3O2/c1-3-10-19-11-8-17-16(19)9-12-20(17)18(21)13-14-4-6-15(22-2)7-5-14;3-2(4,5)1(6)7/h3-7,16-17H,1,8-13H2,2H3;(H,6,7)/t16-,17+;/m0./s1. The van der Waals surface area contributed by atoms with Gasteiger partial charge in [0.2, 0.25) is 5.91 Å². The summed E-state index contributed by atoms with van der Waals surface area (Å²) in [5.41, 5.74) is 1.05. The summed E-state index contributed by atoms with van der Waals surface area (Å²) in [4.78, 5) is 26.1. The van der Waals surface area contributed by atoms with E-state index in [0.717, 1.165) is 43.8 Å². The Kier molecular flexibility index (Phi) is 7.66. The van der Waals surface area contributed by atoms with Gasteiger partial charge in [-0.15, -0.1) is 6.58 Å². The second kappa shape index (κ2) is 9.78. The molecule has 9 heteroatoms. The van der Waals surface area contributed by atoms with Crippen LogP contribution in [0.15, 0.2) is 36.9 Å². The fraction of sp³-hybridized carbons (Fsp3) is 0.500. The Hall–Kier alpha value is -2.55. The molecule has 1 N–H and O–H groups in total. The number of carbonyl (C=O) groups excluding carboxylic acids is 1. The zero-order valence-corrected chi connectivity index (χ0v) is 16.2. The van der Waals surface area contributed by atoms with E-state index < -0.39 is 12.1 Å². The number of aliphatic carboxylic acids is 1. The molecular weight excluding hydrogens is 389 g/mol. The lowest BCUT2D eigenvalue weighted by molar-refractivity contribution is -0.192. The van der Waals surface area contributed by atoms with Crippen LogP contribution in [0.2, 0.25) is 0 Å². The van der Waals surface area contributed by atoms with Gasteiger partial charge < -0.3 is 14.7 Å². The Morgan fingerprint density at radius 1 is 1.21 bits per heavy atom. The molecule has 0 saturated carbocycles. The van der Waals surface area contributed by atoms with Gasteiger partial charge in [-0.3, -0.25) is 9.69 Å². The molecule has 2 heterocycles. The molecule has 6 nitrogen and oxygen atoms in total. The molecule has 2 atom stereocenters. The molecule has 0 bridgehead atoms. The predicted molar refractivity (Wildman–Crippen MR) is 101 cm³/mol. The molecule has 2 aliphatic heterocycles. The molecule has 160 valence electrons. The van der Waals surface area contributed by atoms with Gasteiger partial charge in [-0.05, 0) is 30.5 Å². The van der Waals surface area contributed by atoms with E-state index in [9.17, 15) is 18.0 Å². The van der Waals surface area contributed by atoms with Gasteiger partial charge in [-0.2, -0.15) is 13.2 Å². The molecule has 29 heavy (non-hydrogen) atoms. The monoisotopic (exact) mass is 414 g/mol. The van der Waals surface area contributed by atoms with Crippen molar-refractivity contribution < 1.29 is 32.6 Å². The van der Waals surface area contributed by atoms with Crippen LogP contribution in [-0.4, -0.2) is 71.8 Å². The van der Waals surface area contributed by atoms with Crippen molar-refractivity contribution in [1.82, 2.24) is 9.80 Å². The third kappa shape index (κ3) is 5.96. The summed E-state index contributed by atoms with van der Waals surface area (Å²) in [6, 6.07) is 8.70. The fourth-order valence-electron chi connectivity index (χ4n) is 3.80. The zero-order chi connectivity index (χ0) is 21.6. The van der Waals surface area contributed by atoms with Crippen LogP contribution in [0.1, 0.15) is 18.4 Å². The van der Waals surface area contributed by atoms with E-state index in [1.807, 2.05) is 30.3 Å². The number of alkyl halides is 3. The van der Waals surface area contributed by atoms with Crippen LogP contribution in [-0.2, 0) is 16.0 Å². The van der Waals surface area contributed by atoms with E-state index in [2.05, 4.69) is 16.4 Å². The highest BCUT2D eigenvalue weighted by Gasteiger charge is 2.43. The first-order chi connectivity index (χ1) is 13.7. The number of amides is 1. The number of hydrogen-bond donors (Lipinski definition) is 1. The first-order valence-electron chi connectivity index (χ1n) is 9.24. The summed E-state index contributed by atoms with van der Waals surface area (Å²) in [6.45, 7) is 6.73. The average Bonchev–Trinajstić information content (AvgIpc) is 3.25. The Balaban J connectivity index is 0.000000370. The molecule has 2 aliphatic rings. The van der Waals surface area contributed by atoms with E-state index in [-0.39, 0.29) is 5.91 Å². The van der Waals surface area contributed by atoms with Gasteiger partial charge in [0.25, 0.3) is 0 Å². The Morgan fingerprint density at radius 2 is 1.79 bits per heavy atom.